The third kappa shape index (κ3) is 2.22. The first-order valence-electron chi connectivity index (χ1n) is 7.41. The lowest BCUT2D eigenvalue weighted by atomic mass is 9.41. The molecule has 3 saturated carbocycles. The number of fused-ring (bicyclic) bond motifs is 2. The van der Waals surface area contributed by atoms with E-state index in [4.69, 9.17) is 4.74 Å². The van der Waals surface area contributed by atoms with Crippen molar-refractivity contribution in [1.82, 2.24) is 0 Å². The number of esters is 1. The van der Waals surface area contributed by atoms with Gasteiger partial charge < -0.3 is 9.84 Å². The molecule has 3 heteroatoms. The van der Waals surface area contributed by atoms with Gasteiger partial charge in [0.2, 0.25) is 0 Å². The Morgan fingerprint density at radius 2 is 2.20 bits per heavy atom. The Kier molecular flexibility index (Phi) is 3.85. The van der Waals surface area contributed by atoms with Crippen LogP contribution < -0.4 is 0 Å². The second kappa shape index (κ2) is 5.03. The molecule has 1 N–H and O–H groups in total. The van der Waals surface area contributed by atoms with Crippen molar-refractivity contribution < 1.29 is 14.6 Å². The van der Waals surface area contributed by atoms with Crippen molar-refractivity contribution in [2.24, 2.45) is 11.3 Å². The summed E-state index contributed by atoms with van der Waals surface area (Å²) in [5.41, 5.74) is 1.27. The summed E-state index contributed by atoms with van der Waals surface area (Å²) in [5, 5.41) is 10.9. The maximum atomic E-state index is 11.4. The molecule has 3 aliphatic rings. The Morgan fingerprint density at radius 1 is 1.55 bits per heavy atom. The van der Waals surface area contributed by atoms with Gasteiger partial charge in [0.05, 0.1) is 5.60 Å². The van der Waals surface area contributed by atoms with Gasteiger partial charge in [-0.05, 0) is 39.0 Å². The van der Waals surface area contributed by atoms with Gasteiger partial charge in [0.1, 0.15) is 6.10 Å². The fourth-order valence-electron chi connectivity index (χ4n) is 3.93. The zero-order valence-corrected chi connectivity index (χ0v) is 13.0. The van der Waals surface area contributed by atoms with Crippen LogP contribution in [0.15, 0.2) is 23.8 Å². The molecule has 0 radical (unpaired) electrons. The van der Waals surface area contributed by atoms with Gasteiger partial charge in [-0.3, -0.25) is 4.79 Å². The van der Waals surface area contributed by atoms with Crippen LogP contribution in [-0.2, 0) is 9.53 Å². The lowest BCUT2D eigenvalue weighted by molar-refractivity contribution is -0.257. The second-order valence-electron chi connectivity index (χ2n) is 6.84. The van der Waals surface area contributed by atoms with E-state index in [-0.39, 0.29) is 18.0 Å². The third-order valence-corrected chi connectivity index (χ3v) is 5.34. The predicted octanol–water partition coefficient (Wildman–Crippen LogP) is 3.38. The van der Waals surface area contributed by atoms with Crippen molar-refractivity contribution in [3.63, 3.8) is 0 Å². The highest BCUT2D eigenvalue weighted by Crippen LogP contribution is 2.66. The molecule has 20 heavy (non-hydrogen) atoms. The molecule has 0 saturated heterocycles. The van der Waals surface area contributed by atoms with Crippen molar-refractivity contribution in [2.75, 3.05) is 0 Å². The topological polar surface area (TPSA) is 46.5 Å². The van der Waals surface area contributed by atoms with Gasteiger partial charge in [-0.15, -0.1) is 0 Å². The number of ether oxygens (including phenoxy) is 1. The maximum absolute atomic E-state index is 11.4. The molecule has 0 aromatic heterocycles. The van der Waals surface area contributed by atoms with Gasteiger partial charge in [-0.25, -0.2) is 0 Å². The van der Waals surface area contributed by atoms with Gasteiger partial charge >= 0.3 is 5.97 Å². The van der Waals surface area contributed by atoms with E-state index in [2.05, 4.69) is 19.6 Å². The van der Waals surface area contributed by atoms with Gasteiger partial charge in [0.25, 0.3) is 0 Å². The highest BCUT2D eigenvalue weighted by atomic mass is 16.5. The van der Waals surface area contributed by atoms with Crippen molar-refractivity contribution in [2.45, 2.75) is 65.1 Å². The number of hydrogen-bond donors (Lipinski definition) is 1. The zero-order valence-electron chi connectivity index (χ0n) is 13.0. The second-order valence-corrected chi connectivity index (χ2v) is 6.84. The lowest BCUT2D eigenvalue weighted by Crippen LogP contribution is -2.70. The van der Waals surface area contributed by atoms with Crippen molar-refractivity contribution in [1.29, 1.82) is 0 Å². The van der Waals surface area contributed by atoms with Crippen molar-refractivity contribution >= 4 is 5.97 Å². The number of carbonyl (C=O) groups excluding carboxylic acids is 1. The van der Waals surface area contributed by atoms with E-state index in [1.54, 1.807) is 0 Å². The third-order valence-electron chi connectivity index (χ3n) is 5.34. The van der Waals surface area contributed by atoms with E-state index < -0.39 is 11.0 Å². The number of allylic oxidation sites excluding steroid dienone is 2. The van der Waals surface area contributed by atoms with E-state index in [0.29, 0.717) is 6.42 Å². The fourth-order valence-corrected chi connectivity index (χ4v) is 3.93. The highest BCUT2D eigenvalue weighted by molar-refractivity contribution is 5.66. The molecule has 0 aliphatic heterocycles. The average Bonchev–Trinajstić information content (AvgIpc) is 2.35. The smallest absolute Gasteiger partial charge is 0.302 e. The van der Waals surface area contributed by atoms with Crippen LogP contribution in [0.1, 0.15) is 53.4 Å². The first kappa shape index (κ1) is 15.3. The van der Waals surface area contributed by atoms with E-state index in [0.717, 1.165) is 19.3 Å². The molecular weight excluding hydrogens is 252 g/mol. The average molecular weight is 278 g/mol. The lowest BCUT2D eigenvalue weighted by Gasteiger charge is -2.66. The predicted molar refractivity (Wildman–Crippen MR) is 79.1 cm³/mol. The van der Waals surface area contributed by atoms with E-state index in [1.807, 2.05) is 13.8 Å². The summed E-state index contributed by atoms with van der Waals surface area (Å²) in [4.78, 5) is 11.4. The van der Waals surface area contributed by atoms with Gasteiger partial charge in [-0.1, -0.05) is 30.7 Å². The minimum atomic E-state index is -0.714. The van der Waals surface area contributed by atoms with E-state index in [1.165, 1.54) is 18.1 Å². The SMILES string of the molecule is C=C1CCC2(O)CC1C2(C)[C@H](CC=C(C)C)OC(C)=O. The Morgan fingerprint density at radius 3 is 2.70 bits per heavy atom. The first-order valence-corrected chi connectivity index (χ1v) is 7.41. The van der Waals surface area contributed by atoms with Gasteiger partial charge in [0, 0.05) is 18.8 Å². The van der Waals surface area contributed by atoms with Crippen LogP contribution >= 0.6 is 0 Å². The maximum Gasteiger partial charge on any atom is 0.302 e. The van der Waals surface area contributed by atoms with E-state index in [9.17, 15) is 9.90 Å². The Hall–Kier alpha value is -1.09. The number of hydrogen-bond acceptors (Lipinski definition) is 3. The van der Waals surface area contributed by atoms with Crippen LogP contribution in [0.2, 0.25) is 0 Å². The van der Waals surface area contributed by atoms with Crippen LogP contribution in [0, 0.1) is 11.3 Å². The number of aliphatic hydroxyl groups is 1. The van der Waals surface area contributed by atoms with Crippen molar-refractivity contribution in [3.8, 4) is 0 Å². The van der Waals surface area contributed by atoms with E-state index >= 15 is 0 Å². The molecule has 3 aliphatic carbocycles. The summed E-state index contributed by atoms with van der Waals surface area (Å²) < 4.78 is 5.57. The Labute approximate surface area is 121 Å². The summed E-state index contributed by atoms with van der Waals surface area (Å²) in [6.07, 6.45) is 4.83. The molecule has 0 heterocycles. The first-order chi connectivity index (χ1) is 9.20. The molecule has 0 spiro atoms. The standard InChI is InChI=1S/C17H26O3/c1-11(2)6-7-15(20-13(4)18)16(5)14-10-17(16,19)9-8-12(14)3/h6,14-15,19H,3,7-10H2,1-2,4-5H3/t14?,15-,16?,17?/m0/s1. The van der Waals surface area contributed by atoms with Gasteiger partial charge in [-0.2, -0.15) is 0 Å². The summed E-state index contributed by atoms with van der Waals surface area (Å²) in [6, 6.07) is 0. The largest absolute Gasteiger partial charge is 0.462 e. The molecule has 0 amide bonds. The molecular formula is C17H26O3. The molecule has 4 atom stereocenters. The summed E-state index contributed by atoms with van der Waals surface area (Å²) in [7, 11) is 0. The molecule has 3 unspecified atom stereocenters. The van der Waals surface area contributed by atoms with Crippen molar-refractivity contribution in [3.05, 3.63) is 23.8 Å². The minimum absolute atomic E-state index is 0.260. The number of carbonyl (C=O) groups is 1. The number of rotatable bonds is 4. The van der Waals surface area contributed by atoms with Gasteiger partial charge in [0.15, 0.2) is 0 Å². The van der Waals surface area contributed by atoms with Crippen LogP contribution in [0.5, 0.6) is 0 Å². The molecule has 0 aromatic rings. The van der Waals surface area contributed by atoms with Crippen LogP contribution in [0.3, 0.4) is 0 Å². The normalized spacial score (nSPS) is 36.9. The summed E-state index contributed by atoms with van der Waals surface area (Å²) in [5.74, 6) is -0.0197. The fraction of sp³-hybridized carbons (Fsp3) is 0.706. The Balaban J connectivity index is 2.29. The summed E-state index contributed by atoms with van der Waals surface area (Å²) >= 11 is 0. The summed E-state index contributed by atoms with van der Waals surface area (Å²) in [6.45, 7) is 11.7. The monoisotopic (exact) mass is 278 g/mol. The van der Waals surface area contributed by atoms with Crippen LogP contribution in [-0.4, -0.2) is 22.8 Å². The Bertz CT molecular complexity index is 457. The molecule has 0 aromatic carbocycles. The zero-order chi connectivity index (χ0) is 15.1. The molecule has 2 bridgehead atoms. The minimum Gasteiger partial charge on any atom is -0.462 e. The molecule has 3 fully saturated rings. The molecule has 3 nitrogen and oxygen atoms in total. The molecule has 112 valence electrons. The van der Waals surface area contributed by atoms with Crippen LogP contribution in [0.4, 0.5) is 0 Å². The quantitative estimate of drug-likeness (QED) is 0.633. The highest BCUT2D eigenvalue weighted by Gasteiger charge is 2.68. The molecule has 3 rings (SSSR count). The van der Waals surface area contributed by atoms with Crippen LogP contribution in [0.25, 0.3) is 0 Å².